The number of hydrogen-bond donors (Lipinski definition) is 3. The van der Waals surface area contributed by atoms with E-state index in [0.29, 0.717) is 0 Å². The van der Waals surface area contributed by atoms with Crippen molar-refractivity contribution in [3.8, 4) is 11.1 Å². The van der Waals surface area contributed by atoms with Gasteiger partial charge < -0.3 is 25.2 Å². The fraction of sp³-hybridized carbons (Fsp3) is 0.423. The van der Waals surface area contributed by atoms with E-state index in [1.807, 2.05) is 36.4 Å². The smallest absolute Gasteiger partial charge is 0.407 e. The molecule has 2 atom stereocenters. The van der Waals surface area contributed by atoms with Crippen molar-refractivity contribution in [2.45, 2.75) is 43.7 Å². The number of carboxylic acid groups (broad SMARTS) is 1. The van der Waals surface area contributed by atoms with E-state index in [1.54, 1.807) is 0 Å². The van der Waals surface area contributed by atoms with Gasteiger partial charge in [-0.25, -0.2) is 9.59 Å². The maximum Gasteiger partial charge on any atom is 0.407 e. The zero-order valence-corrected chi connectivity index (χ0v) is 19.2. The standard InChI is InChI=1S/C26H30N2O6/c1-33-14-13-22(25(30)31)27-24(29)23(16-7-6-8-16)28-26(32)34-15-21-19-11-4-2-9-17(19)18-10-3-5-12-20(18)21/h2-5,9-12,16,21-23H,6-8,13-15H2,1H3,(H,27,29)(H,28,32)(H,30,31). The van der Waals surface area contributed by atoms with E-state index in [4.69, 9.17) is 9.47 Å². The van der Waals surface area contributed by atoms with Crippen molar-refractivity contribution in [2.75, 3.05) is 20.3 Å². The topological polar surface area (TPSA) is 114 Å². The lowest BCUT2D eigenvalue weighted by atomic mass is 9.79. The monoisotopic (exact) mass is 466 g/mol. The van der Waals surface area contributed by atoms with Crippen LogP contribution in [-0.2, 0) is 19.1 Å². The molecular weight excluding hydrogens is 436 g/mol. The third-order valence-corrected chi connectivity index (χ3v) is 6.75. The van der Waals surface area contributed by atoms with Gasteiger partial charge in [0.2, 0.25) is 5.91 Å². The van der Waals surface area contributed by atoms with E-state index < -0.39 is 30.1 Å². The van der Waals surface area contributed by atoms with E-state index in [-0.39, 0.29) is 31.5 Å². The van der Waals surface area contributed by atoms with Crippen molar-refractivity contribution < 1.29 is 29.0 Å². The largest absolute Gasteiger partial charge is 0.480 e. The maximum absolute atomic E-state index is 12.9. The molecule has 0 aromatic heterocycles. The second-order valence-electron chi connectivity index (χ2n) is 8.82. The maximum atomic E-state index is 12.9. The molecule has 0 radical (unpaired) electrons. The predicted octanol–water partition coefficient (Wildman–Crippen LogP) is 3.30. The summed E-state index contributed by atoms with van der Waals surface area (Å²) in [6.07, 6.45) is 2.00. The summed E-state index contributed by atoms with van der Waals surface area (Å²) in [5, 5.41) is 14.6. The van der Waals surface area contributed by atoms with Crippen LogP contribution in [0.15, 0.2) is 48.5 Å². The third-order valence-electron chi connectivity index (χ3n) is 6.75. The van der Waals surface area contributed by atoms with Crippen LogP contribution in [-0.4, -0.2) is 55.5 Å². The van der Waals surface area contributed by atoms with Gasteiger partial charge in [-0.15, -0.1) is 0 Å². The lowest BCUT2D eigenvalue weighted by Crippen LogP contribution is -2.56. The molecule has 1 fully saturated rings. The SMILES string of the molecule is COCCC(NC(=O)C(NC(=O)OCC1c2ccccc2-c2ccccc21)C1CCC1)C(=O)O. The summed E-state index contributed by atoms with van der Waals surface area (Å²) in [5.41, 5.74) is 4.48. The Hall–Kier alpha value is -3.39. The van der Waals surface area contributed by atoms with Crippen LogP contribution < -0.4 is 10.6 Å². The minimum absolute atomic E-state index is 0.0441. The quantitative estimate of drug-likeness (QED) is 0.495. The van der Waals surface area contributed by atoms with Crippen LogP contribution in [0.1, 0.15) is 42.7 Å². The Bertz CT molecular complexity index is 1010. The van der Waals surface area contributed by atoms with E-state index >= 15 is 0 Å². The number of carbonyl (C=O) groups excluding carboxylic acids is 2. The van der Waals surface area contributed by atoms with Gasteiger partial charge in [-0.3, -0.25) is 4.79 Å². The van der Waals surface area contributed by atoms with Gasteiger partial charge in [-0.1, -0.05) is 55.0 Å². The normalized spacial score (nSPS) is 16.5. The van der Waals surface area contributed by atoms with Gasteiger partial charge in [0.1, 0.15) is 18.7 Å². The molecule has 3 N–H and O–H groups in total. The highest BCUT2D eigenvalue weighted by Gasteiger charge is 2.36. The number of methoxy groups -OCH3 is 1. The number of benzene rings is 2. The number of aliphatic carboxylic acids is 1. The highest BCUT2D eigenvalue weighted by atomic mass is 16.5. The molecule has 0 spiro atoms. The molecule has 2 aromatic carbocycles. The Labute approximate surface area is 198 Å². The Morgan fingerprint density at radius 2 is 1.62 bits per heavy atom. The Kier molecular flexibility index (Phi) is 7.47. The van der Waals surface area contributed by atoms with E-state index in [0.717, 1.165) is 41.5 Å². The summed E-state index contributed by atoms with van der Waals surface area (Å²) in [4.78, 5) is 37.1. The first-order valence-electron chi connectivity index (χ1n) is 11.6. The summed E-state index contributed by atoms with van der Waals surface area (Å²) in [6, 6.07) is 14.2. The van der Waals surface area contributed by atoms with Crippen LogP contribution in [0.5, 0.6) is 0 Å². The molecule has 2 amide bonds. The number of carbonyl (C=O) groups is 3. The van der Waals surface area contributed by atoms with Gasteiger partial charge in [-0.2, -0.15) is 0 Å². The molecule has 4 rings (SSSR count). The third kappa shape index (κ3) is 5.07. The number of carboxylic acids is 1. The first-order chi connectivity index (χ1) is 16.5. The molecule has 0 heterocycles. The molecule has 2 aliphatic rings. The lowest BCUT2D eigenvalue weighted by Gasteiger charge is -2.33. The Morgan fingerprint density at radius 3 is 2.15 bits per heavy atom. The first kappa shape index (κ1) is 23.8. The summed E-state index contributed by atoms with van der Waals surface area (Å²) >= 11 is 0. The van der Waals surface area contributed by atoms with Crippen LogP contribution >= 0.6 is 0 Å². The molecule has 34 heavy (non-hydrogen) atoms. The number of ether oxygens (including phenoxy) is 2. The minimum atomic E-state index is -1.14. The number of alkyl carbamates (subject to hydrolysis) is 1. The average molecular weight is 467 g/mol. The van der Waals surface area contributed by atoms with Gasteiger partial charge in [0.05, 0.1) is 0 Å². The van der Waals surface area contributed by atoms with E-state index in [1.165, 1.54) is 7.11 Å². The molecule has 8 heteroatoms. The summed E-state index contributed by atoms with van der Waals surface area (Å²) in [7, 11) is 1.47. The van der Waals surface area contributed by atoms with Gasteiger partial charge in [-0.05, 0) is 41.0 Å². The number of hydrogen-bond acceptors (Lipinski definition) is 5. The van der Waals surface area contributed by atoms with Crippen molar-refractivity contribution in [1.82, 2.24) is 10.6 Å². The summed E-state index contributed by atoms with van der Waals surface area (Å²) in [6.45, 7) is 0.343. The van der Waals surface area contributed by atoms with Crippen molar-refractivity contribution in [3.05, 3.63) is 59.7 Å². The van der Waals surface area contributed by atoms with Gasteiger partial charge in [0.25, 0.3) is 0 Å². The highest BCUT2D eigenvalue weighted by Crippen LogP contribution is 2.44. The summed E-state index contributed by atoms with van der Waals surface area (Å²) in [5.74, 6) is -1.78. The predicted molar refractivity (Wildman–Crippen MR) is 125 cm³/mol. The molecular formula is C26H30N2O6. The van der Waals surface area contributed by atoms with Crippen molar-refractivity contribution in [2.24, 2.45) is 5.92 Å². The number of rotatable bonds is 10. The van der Waals surface area contributed by atoms with Crippen LogP contribution in [0.25, 0.3) is 11.1 Å². The van der Waals surface area contributed by atoms with Crippen LogP contribution in [0, 0.1) is 5.92 Å². The number of amides is 2. The fourth-order valence-corrected chi connectivity index (χ4v) is 4.69. The zero-order chi connectivity index (χ0) is 24.1. The molecule has 0 aliphatic heterocycles. The number of nitrogens with one attached hydrogen (secondary N) is 2. The van der Waals surface area contributed by atoms with Crippen LogP contribution in [0.3, 0.4) is 0 Å². The van der Waals surface area contributed by atoms with Gasteiger partial charge in [0, 0.05) is 26.1 Å². The summed E-state index contributed by atoms with van der Waals surface area (Å²) < 4.78 is 10.5. The lowest BCUT2D eigenvalue weighted by molar-refractivity contribution is -0.143. The molecule has 180 valence electrons. The minimum Gasteiger partial charge on any atom is -0.480 e. The molecule has 0 bridgehead atoms. The fourth-order valence-electron chi connectivity index (χ4n) is 4.69. The van der Waals surface area contributed by atoms with Crippen molar-refractivity contribution >= 4 is 18.0 Å². The highest BCUT2D eigenvalue weighted by molar-refractivity contribution is 5.89. The molecule has 0 saturated heterocycles. The van der Waals surface area contributed by atoms with E-state index in [2.05, 4.69) is 22.8 Å². The molecule has 2 aromatic rings. The van der Waals surface area contributed by atoms with E-state index in [9.17, 15) is 19.5 Å². The number of fused-ring (bicyclic) bond motifs is 3. The van der Waals surface area contributed by atoms with Gasteiger partial charge >= 0.3 is 12.1 Å². The van der Waals surface area contributed by atoms with Crippen LogP contribution in [0.4, 0.5) is 4.79 Å². The second kappa shape index (κ2) is 10.7. The van der Waals surface area contributed by atoms with Crippen molar-refractivity contribution in [3.63, 3.8) is 0 Å². The first-order valence-corrected chi connectivity index (χ1v) is 11.6. The Balaban J connectivity index is 1.40. The molecule has 1 saturated carbocycles. The molecule has 8 nitrogen and oxygen atoms in total. The second-order valence-corrected chi connectivity index (χ2v) is 8.82. The molecule has 2 unspecified atom stereocenters. The zero-order valence-electron chi connectivity index (χ0n) is 19.2. The average Bonchev–Trinajstić information content (AvgIpc) is 3.12. The van der Waals surface area contributed by atoms with Crippen LogP contribution in [0.2, 0.25) is 0 Å². The van der Waals surface area contributed by atoms with Gasteiger partial charge in [0.15, 0.2) is 0 Å². The molecule has 2 aliphatic carbocycles. The Morgan fingerprint density at radius 1 is 1.00 bits per heavy atom. The van der Waals surface area contributed by atoms with Crippen molar-refractivity contribution in [1.29, 1.82) is 0 Å².